The van der Waals surface area contributed by atoms with Crippen molar-refractivity contribution in [3.8, 4) is 5.75 Å². The summed E-state index contributed by atoms with van der Waals surface area (Å²) < 4.78 is 7.05. The van der Waals surface area contributed by atoms with Gasteiger partial charge in [-0.25, -0.2) is 0 Å². The van der Waals surface area contributed by atoms with Crippen molar-refractivity contribution in [3.05, 3.63) is 62.0 Å². The second-order valence-electron chi connectivity index (χ2n) is 5.61. The Bertz CT molecular complexity index is 809. The summed E-state index contributed by atoms with van der Waals surface area (Å²) in [6.07, 6.45) is 3.15. The van der Waals surface area contributed by atoms with Crippen LogP contribution in [0.15, 0.2) is 41.3 Å². The van der Waals surface area contributed by atoms with Crippen LogP contribution in [-0.4, -0.2) is 23.6 Å². The first-order chi connectivity index (χ1) is 12.5. The average Bonchev–Trinajstić information content (AvgIpc) is 2.60. The second-order valence-corrected chi connectivity index (χ2v) is 6.89. The van der Waals surface area contributed by atoms with Gasteiger partial charge in [-0.2, -0.15) is 0 Å². The summed E-state index contributed by atoms with van der Waals surface area (Å²) >= 11 is 17.7. The lowest BCUT2D eigenvalue weighted by molar-refractivity contribution is -0.121. The number of benzene rings is 1. The van der Waals surface area contributed by atoms with Crippen molar-refractivity contribution < 1.29 is 9.53 Å². The minimum absolute atomic E-state index is 0.0609. The number of hydrogen-bond acceptors (Lipinski definition) is 3. The molecule has 26 heavy (non-hydrogen) atoms. The van der Waals surface area contributed by atoms with Crippen LogP contribution in [0.2, 0.25) is 15.1 Å². The number of hydrogen-bond donors (Lipinski definition) is 1. The van der Waals surface area contributed by atoms with Crippen LogP contribution < -0.4 is 15.6 Å². The van der Waals surface area contributed by atoms with Crippen LogP contribution in [0.25, 0.3) is 0 Å². The van der Waals surface area contributed by atoms with Gasteiger partial charge in [0, 0.05) is 36.8 Å². The summed E-state index contributed by atoms with van der Waals surface area (Å²) in [5, 5.41) is 4.31. The Labute approximate surface area is 166 Å². The largest absolute Gasteiger partial charge is 0.492 e. The summed E-state index contributed by atoms with van der Waals surface area (Å²) in [6.45, 7) is 1.37. The maximum atomic E-state index is 11.8. The molecular weight excluding hydrogens is 399 g/mol. The SMILES string of the molecule is O=C(CCCOc1ccc(Cl)cc1Cl)NCCCn1cc(Cl)ccc1=O. The summed E-state index contributed by atoms with van der Waals surface area (Å²) in [6, 6.07) is 7.98. The fraction of sp³-hybridized carbons (Fsp3) is 0.333. The second kappa shape index (κ2) is 10.5. The van der Waals surface area contributed by atoms with E-state index < -0.39 is 0 Å². The Morgan fingerprint density at radius 3 is 2.62 bits per heavy atom. The number of aromatic nitrogens is 1. The quantitative estimate of drug-likeness (QED) is 0.623. The number of carbonyl (C=O) groups is 1. The van der Waals surface area contributed by atoms with Crippen molar-refractivity contribution in [2.24, 2.45) is 0 Å². The van der Waals surface area contributed by atoms with E-state index >= 15 is 0 Å². The molecule has 5 nitrogen and oxygen atoms in total. The minimum Gasteiger partial charge on any atom is -0.492 e. The maximum Gasteiger partial charge on any atom is 0.250 e. The van der Waals surface area contributed by atoms with Crippen LogP contribution in [0.4, 0.5) is 0 Å². The molecule has 2 rings (SSSR count). The highest BCUT2D eigenvalue weighted by Gasteiger charge is 2.04. The minimum atomic E-state index is -0.112. The number of nitrogens with one attached hydrogen (secondary N) is 1. The van der Waals surface area contributed by atoms with E-state index in [0.717, 1.165) is 0 Å². The first kappa shape index (κ1) is 20.6. The van der Waals surface area contributed by atoms with E-state index in [1.54, 1.807) is 30.5 Å². The molecule has 8 heteroatoms. The number of rotatable bonds is 9. The average molecular weight is 418 g/mol. The number of pyridine rings is 1. The smallest absolute Gasteiger partial charge is 0.250 e. The molecule has 2 aromatic rings. The topological polar surface area (TPSA) is 60.3 Å². The first-order valence-electron chi connectivity index (χ1n) is 8.16. The molecule has 0 bridgehead atoms. The van der Waals surface area contributed by atoms with Crippen LogP contribution in [0.3, 0.4) is 0 Å². The van der Waals surface area contributed by atoms with Crippen LogP contribution in [0.5, 0.6) is 5.75 Å². The molecule has 1 aromatic carbocycles. The molecule has 0 saturated carbocycles. The Morgan fingerprint density at radius 1 is 1.08 bits per heavy atom. The van der Waals surface area contributed by atoms with Gasteiger partial charge < -0.3 is 14.6 Å². The van der Waals surface area contributed by atoms with E-state index in [4.69, 9.17) is 39.5 Å². The van der Waals surface area contributed by atoms with Crippen LogP contribution >= 0.6 is 34.8 Å². The number of amides is 1. The van der Waals surface area contributed by atoms with E-state index in [2.05, 4.69) is 5.32 Å². The Hall–Kier alpha value is -1.69. The van der Waals surface area contributed by atoms with Crippen molar-refractivity contribution in [2.45, 2.75) is 25.8 Å². The van der Waals surface area contributed by atoms with Gasteiger partial charge in [0.05, 0.1) is 16.7 Å². The molecule has 0 radical (unpaired) electrons. The standard InChI is InChI=1S/C18H19Cl3N2O3/c19-13-4-6-16(15(21)11-13)26-10-1-3-17(24)22-8-2-9-23-12-14(20)5-7-18(23)25/h4-7,11-12H,1-3,8-10H2,(H,22,24). The first-order valence-corrected chi connectivity index (χ1v) is 9.29. The predicted octanol–water partition coefficient (Wildman–Crippen LogP) is 4.17. The van der Waals surface area contributed by atoms with E-state index in [-0.39, 0.29) is 11.5 Å². The Morgan fingerprint density at radius 2 is 1.85 bits per heavy atom. The molecule has 1 heterocycles. The molecule has 1 N–H and O–H groups in total. The van der Waals surface area contributed by atoms with Crippen molar-refractivity contribution in [1.29, 1.82) is 0 Å². The predicted molar refractivity (Wildman–Crippen MR) is 105 cm³/mol. The van der Waals surface area contributed by atoms with Crippen molar-refractivity contribution in [1.82, 2.24) is 9.88 Å². The zero-order valence-electron chi connectivity index (χ0n) is 14.0. The van der Waals surface area contributed by atoms with Gasteiger partial charge >= 0.3 is 0 Å². The van der Waals surface area contributed by atoms with Gasteiger partial charge in [0.15, 0.2) is 0 Å². The molecule has 0 fully saturated rings. The van der Waals surface area contributed by atoms with Gasteiger partial charge in [0.2, 0.25) is 5.91 Å². The van der Waals surface area contributed by atoms with E-state index in [0.29, 0.717) is 59.8 Å². The third-order valence-electron chi connectivity index (χ3n) is 3.55. The van der Waals surface area contributed by atoms with Gasteiger partial charge in [0.1, 0.15) is 5.75 Å². The Kier molecular flexibility index (Phi) is 8.29. The van der Waals surface area contributed by atoms with Gasteiger partial charge in [-0.1, -0.05) is 34.8 Å². The van der Waals surface area contributed by atoms with Gasteiger partial charge in [-0.15, -0.1) is 0 Å². The highest BCUT2D eigenvalue weighted by atomic mass is 35.5. The third kappa shape index (κ3) is 6.90. The molecule has 0 unspecified atom stereocenters. The van der Waals surface area contributed by atoms with Crippen molar-refractivity contribution >= 4 is 40.7 Å². The Balaban J connectivity index is 1.60. The van der Waals surface area contributed by atoms with Gasteiger partial charge in [-0.05, 0) is 37.1 Å². The molecule has 0 aliphatic heterocycles. The lowest BCUT2D eigenvalue weighted by Gasteiger charge is -2.09. The zero-order valence-corrected chi connectivity index (χ0v) is 16.3. The van der Waals surface area contributed by atoms with Crippen LogP contribution in [0, 0.1) is 0 Å². The van der Waals surface area contributed by atoms with Gasteiger partial charge in [-0.3, -0.25) is 9.59 Å². The summed E-state index contributed by atoms with van der Waals surface area (Å²) in [4.78, 5) is 23.4. The van der Waals surface area contributed by atoms with Crippen molar-refractivity contribution in [2.75, 3.05) is 13.2 Å². The van der Waals surface area contributed by atoms with E-state index in [9.17, 15) is 9.59 Å². The number of aryl methyl sites for hydroxylation is 1. The maximum absolute atomic E-state index is 11.8. The molecule has 0 aliphatic carbocycles. The summed E-state index contributed by atoms with van der Waals surface area (Å²) in [7, 11) is 0. The molecule has 0 saturated heterocycles. The number of halogens is 3. The molecule has 0 aliphatic rings. The fourth-order valence-electron chi connectivity index (χ4n) is 2.25. The lowest BCUT2D eigenvalue weighted by atomic mass is 10.3. The van der Waals surface area contributed by atoms with Crippen molar-refractivity contribution in [3.63, 3.8) is 0 Å². The molecular formula is C18H19Cl3N2O3. The molecule has 0 atom stereocenters. The molecule has 0 spiro atoms. The third-order valence-corrected chi connectivity index (χ3v) is 4.30. The normalized spacial score (nSPS) is 10.6. The van der Waals surface area contributed by atoms with Crippen LogP contribution in [0.1, 0.15) is 19.3 Å². The molecule has 140 valence electrons. The highest BCUT2D eigenvalue weighted by molar-refractivity contribution is 6.35. The fourth-order valence-corrected chi connectivity index (χ4v) is 2.89. The van der Waals surface area contributed by atoms with E-state index in [1.807, 2.05) is 0 Å². The molecule has 1 amide bonds. The summed E-state index contributed by atoms with van der Waals surface area (Å²) in [5.41, 5.74) is -0.112. The molecule has 1 aromatic heterocycles. The van der Waals surface area contributed by atoms with Gasteiger partial charge in [0.25, 0.3) is 5.56 Å². The highest BCUT2D eigenvalue weighted by Crippen LogP contribution is 2.27. The van der Waals surface area contributed by atoms with Crippen LogP contribution in [-0.2, 0) is 11.3 Å². The monoisotopic (exact) mass is 416 g/mol. The number of ether oxygens (including phenoxy) is 1. The zero-order chi connectivity index (χ0) is 18.9. The number of nitrogens with zero attached hydrogens (tertiary/aromatic N) is 1. The number of carbonyl (C=O) groups excluding carboxylic acids is 1. The van der Waals surface area contributed by atoms with E-state index in [1.165, 1.54) is 10.6 Å². The summed E-state index contributed by atoms with van der Waals surface area (Å²) in [5.74, 6) is 0.484. The lowest BCUT2D eigenvalue weighted by Crippen LogP contribution is -2.27.